The molecule has 22 heavy (non-hydrogen) atoms. The molecule has 0 unspecified atom stereocenters. The molecule has 0 atom stereocenters. The minimum atomic E-state index is -0.263. The Kier molecular flexibility index (Phi) is 5.41. The Bertz CT molecular complexity index is 722. The fourth-order valence-electron chi connectivity index (χ4n) is 1.81. The van der Waals surface area contributed by atoms with Gasteiger partial charge in [-0.3, -0.25) is 9.59 Å². The number of thioether (sulfide) groups is 1. The van der Waals surface area contributed by atoms with E-state index in [4.69, 9.17) is 11.6 Å². The molecule has 1 aromatic carbocycles. The fourth-order valence-corrected chi connectivity index (χ4v) is 2.58. The summed E-state index contributed by atoms with van der Waals surface area (Å²) in [6.45, 7) is 1.40. The number of benzene rings is 1. The Morgan fingerprint density at radius 1 is 1.23 bits per heavy atom. The number of carbonyl (C=O) groups is 2. The van der Waals surface area contributed by atoms with Gasteiger partial charge in [-0.1, -0.05) is 11.6 Å². The Balaban J connectivity index is 2.18. The molecule has 5 nitrogen and oxygen atoms in total. The van der Waals surface area contributed by atoms with Crippen LogP contribution in [0.3, 0.4) is 0 Å². The molecule has 0 spiro atoms. The smallest absolute Gasteiger partial charge is 0.258 e. The standard InChI is InChI=1S/C15H14ClN3O2S/c1-9(20)18-13-6-5-10(8-12(13)16)19-14(21)11-4-3-7-17-15(11)22-2/h3-8H,1-2H3,(H,18,20)(H,19,21). The van der Waals surface area contributed by atoms with E-state index >= 15 is 0 Å². The summed E-state index contributed by atoms with van der Waals surface area (Å²) in [6.07, 6.45) is 3.50. The van der Waals surface area contributed by atoms with E-state index in [0.29, 0.717) is 27.0 Å². The maximum absolute atomic E-state index is 12.3. The third-order valence-corrected chi connectivity index (χ3v) is 3.77. The van der Waals surface area contributed by atoms with E-state index < -0.39 is 0 Å². The second-order valence-electron chi connectivity index (χ2n) is 4.39. The minimum absolute atomic E-state index is 0.210. The van der Waals surface area contributed by atoms with Gasteiger partial charge in [-0.2, -0.15) is 0 Å². The molecule has 2 N–H and O–H groups in total. The van der Waals surface area contributed by atoms with Crippen molar-refractivity contribution in [1.82, 2.24) is 4.98 Å². The van der Waals surface area contributed by atoms with Crippen molar-refractivity contribution >= 4 is 46.6 Å². The van der Waals surface area contributed by atoms with Gasteiger partial charge in [-0.05, 0) is 36.6 Å². The van der Waals surface area contributed by atoms with Crippen LogP contribution in [0.5, 0.6) is 0 Å². The first kappa shape index (κ1) is 16.3. The lowest BCUT2D eigenvalue weighted by Gasteiger charge is -2.10. The highest BCUT2D eigenvalue weighted by Gasteiger charge is 2.12. The Hall–Kier alpha value is -2.05. The van der Waals surface area contributed by atoms with Gasteiger partial charge in [0.05, 0.1) is 16.3 Å². The van der Waals surface area contributed by atoms with Crippen molar-refractivity contribution in [2.45, 2.75) is 11.9 Å². The molecular weight excluding hydrogens is 322 g/mol. The zero-order valence-corrected chi connectivity index (χ0v) is 13.6. The van der Waals surface area contributed by atoms with Crippen LogP contribution in [0.4, 0.5) is 11.4 Å². The van der Waals surface area contributed by atoms with Crippen molar-refractivity contribution in [3.05, 3.63) is 47.1 Å². The molecule has 114 valence electrons. The predicted octanol–water partition coefficient (Wildman–Crippen LogP) is 3.67. The topological polar surface area (TPSA) is 71.1 Å². The average Bonchev–Trinajstić information content (AvgIpc) is 2.49. The molecule has 0 fully saturated rings. The number of rotatable bonds is 4. The molecule has 0 bridgehead atoms. The van der Waals surface area contributed by atoms with Crippen molar-refractivity contribution in [3.63, 3.8) is 0 Å². The van der Waals surface area contributed by atoms with E-state index in [1.54, 1.807) is 36.5 Å². The SMILES string of the molecule is CSc1ncccc1C(=O)Nc1ccc(NC(C)=O)c(Cl)c1. The van der Waals surface area contributed by atoms with Crippen LogP contribution in [0.15, 0.2) is 41.6 Å². The number of amides is 2. The number of pyridine rings is 1. The molecule has 0 aliphatic carbocycles. The van der Waals surface area contributed by atoms with Crippen LogP contribution in [0, 0.1) is 0 Å². The van der Waals surface area contributed by atoms with Crippen LogP contribution >= 0.6 is 23.4 Å². The van der Waals surface area contributed by atoms with Gasteiger partial charge >= 0.3 is 0 Å². The van der Waals surface area contributed by atoms with Gasteiger partial charge in [-0.15, -0.1) is 11.8 Å². The predicted molar refractivity (Wildman–Crippen MR) is 89.7 cm³/mol. The van der Waals surface area contributed by atoms with Crippen molar-refractivity contribution in [3.8, 4) is 0 Å². The van der Waals surface area contributed by atoms with E-state index in [9.17, 15) is 9.59 Å². The summed E-state index contributed by atoms with van der Waals surface area (Å²) in [5, 5.41) is 6.38. The molecule has 0 saturated carbocycles. The highest BCUT2D eigenvalue weighted by atomic mass is 35.5. The van der Waals surface area contributed by atoms with Gasteiger partial charge in [0.15, 0.2) is 0 Å². The second-order valence-corrected chi connectivity index (χ2v) is 5.59. The van der Waals surface area contributed by atoms with Gasteiger partial charge in [0, 0.05) is 18.8 Å². The summed E-state index contributed by atoms with van der Waals surface area (Å²) in [6, 6.07) is 8.31. The molecule has 1 heterocycles. The van der Waals surface area contributed by atoms with E-state index in [-0.39, 0.29) is 11.8 Å². The van der Waals surface area contributed by atoms with Crippen LogP contribution < -0.4 is 10.6 Å². The minimum Gasteiger partial charge on any atom is -0.325 e. The highest BCUT2D eigenvalue weighted by Crippen LogP contribution is 2.26. The normalized spacial score (nSPS) is 10.1. The number of hydrogen-bond donors (Lipinski definition) is 2. The van der Waals surface area contributed by atoms with Gasteiger partial charge in [0.25, 0.3) is 5.91 Å². The number of carbonyl (C=O) groups excluding carboxylic acids is 2. The molecule has 1 aromatic heterocycles. The largest absolute Gasteiger partial charge is 0.325 e. The summed E-state index contributed by atoms with van der Waals surface area (Å²) in [7, 11) is 0. The third kappa shape index (κ3) is 3.99. The van der Waals surface area contributed by atoms with E-state index in [1.165, 1.54) is 18.7 Å². The molecule has 2 amide bonds. The zero-order valence-electron chi connectivity index (χ0n) is 12.0. The number of aromatic nitrogens is 1. The van der Waals surface area contributed by atoms with Gasteiger partial charge in [0.2, 0.25) is 5.91 Å². The fraction of sp³-hybridized carbons (Fsp3) is 0.133. The van der Waals surface area contributed by atoms with E-state index in [2.05, 4.69) is 15.6 Å². The van der Waals surface area contributed by atoms with Gasteiger partial charge in [0.1, 0.15) is 5.03 Å². The summed E-state index contributed by atoms with van der Waals surface area (Å²) >= 11 is 7.48. The van der Waals surface area contributed by atoms with Gasteiger partial charge < -0.3 is 10.6 Å². The maximum atomic E-state index is 12.3. The monoisotopic (exact) mass is 335 g/mol. The number of hydrogen-bond acceptors (Lipinski definition) is 4. The first-order valence-electron chi connectivity index (χ1n) is 6.38. The maximum Gasteiger partial charge on any atom is 0.258 e. The molecular formula is C15H14ClN3O2S. The highest BCUT2D eigenvalue weighted by molar-refractivity contribution is 7.98. The van der Waals surface area contributed by atoms with Crippen LogP contribution in [0.25, 0.3) is 0 Å². The molecule has 2 aromatic rings. The van der Waals surface area contributed by atoms with E-state index in [1.807, 2.05) is 6.26 Å². The third-order valence-electron chi connectivity index (χ3n) is 2.75. The van der Waals surface area contributed by atoms with Crippen LogP contribution in [0.1, 0.15) is 17.3 Å². The molecule has 0 radical (unpaired) electrons. The molecule has 0 aliphatic rings. The summed E-state index contributed by atoms with van der Waals surface area (Å²) < 4.78 is 0. The lowest BCUT2D eigenvalue weighted by atomic mass is 10.2. The Morgan fingerprint density at radius 2 is 2.00 bits per heavy atom. The van der Waals surface area contributed by atoms with Crippen LogP contribution in [0.2, 0.25) is 5.02 Å². The summed E-state index contributed by atoms with van der Waals surface area (Å²) in [4.78, 5) is 27.5. The molecule has 0 aliphatic heterocycles. The lowest BCUT2D eigenvalue weighted by Crippen LogP contribution is -2.14. The summed E-state index contributed by atoms with van der Waals surface area (Å²) in [5.74, 6) is -0.473. The molecule has 2 rings (SSSR count). The van der Waals surface area contributed by atoms with Crippen molar-refractivity contribution < 1.29 is 9.59 Å². The number of halogens is 1. The van der Waals surface area contributed by atoms with Crippen molar-refractivity contribution in [2.75, 3.05) is 16.9 Å². The first-order valence-corrected chi connectivity index (χ1v) is 7.99. The lowest BCUT2D eigenvalue weighted by molar-refractivity contribution is -0.114. The van der Waals surface area contributed by atoms with Gasteiger partial charge in [-0.25, -0.2) is 4.98 Å². The van der Waals surface area contributed by atoms with Crippen LogP contribution in [-0.2, 0) is 4.79 Å². The Labute approximate surface area is 137 Å². The summed E-state index contributed by atoms with van der Waals surface area (Å²) in [5.41, 5.74) is 1.54. The number of nitrogens with one attached hydrogen (secondary N) is 2. The molecule has 7 heteroatoms. The second kappa shape index (κ2) is 7.29. The van der Waals surface area contributed by atoms with Crippen molar-refractivity contribution in [2.24, 2.45) is 0 Å². The van der Waals surface area contributed by atoms with Crippen molar-refractivity contribution in [1.29, 1.82) is 0 Å². The zero-order chi connectivity index (χ0) is 16.1. The molecule has 0 saturated heterocycles. The van der Waals surface area contributed by atoms with E-state index in [0.717, 1.165) is 0 Å². The Morgan fingerprint density at radius 3 is 2.64 bits per heavy atom. The van der Waals surface area contributed by atoms with Crippen LogP contribution in [-0.4, -0.2) is 23.1 Å². The quantitative estimate of drug-likeness (QED) is 0.836. The average molecular weight is 336 g/mol. The number of anilines is 2. The number of nitrogens with zero attached hydrogens (tertiary/aromatic N) is 1. The first-order chi connectivity index (χ1) is 10.5.